The van der Waals surface area contributed by atoms with E-state index in [0.717, 1.165) is 22.6 Å². The van der Waals surface area contributed by atoms with Gasteiger partial charge < -0.3 is 24.2 Å². The Balaban J connectivity index is 1.38. The minimum Gasteiger partial charge on any atom is -0.454 e. The molecule has 2 aromatic rings. The van der Waals surface area contributed by atoms with Crippen molar-refractivity contribution < 1.29 is 28.5 Å². The van der Waals surface area contributed by atoms with Gasteiger partial charge in [-0.15, -0.1) is 0 Å². The van der Waals surface area contributed by atoms with Gasteiger partial charge in [0.25, 0.3) is 0 Å². The first-order chi connectivity index (χ1) is 15.5. The maximum absolute atomic E-state index is 13.3. The Hall–Kier alpha value is -2.68. The van der Waals surface area contributed by atoms with Gasteiger partial charge >= 0.3 is 0 Å². The van der Waals surface area contributed by atoms with Crippen LogP contribution in [0.2, 0.25) is 0 Å². The lowest BCUT2D eigenvalue weighted by atomic mass is 10.0. The first kappa shape index (κ1) is 22.5. The van der Waals surface area contributed by atoms with Gasteiger partial charge in [-0.1, -0.05) is 17.3 Å². The lowest BCUT2D eigenvalue weighted by Gasteiger charge is -2.27. The van der Waals surface area contributed by atoms with E-state index in [2.05, 4.69) is 10.1 Å². The SMILES string of the molecule is CC(C)OC[C@H](O)CN(Cc1ccc(F)cc1)C[C@@H]1CC(c2ccc3c(c2)OCO3)=NO1. The van der Waals surface area contributed by atoms with Crippen LogP contribution in [0.25, 0.3) is 0 Å². The third-order valence-corrected chi connectivity index (χ3v) is 5.31. The summed E-state index contributed by atoms with van der Waals surface area (Å²) in [5.74, 6) is 1.17. The fourth-order valence-corrected chi connectivity index (χ4v) is 3.77. The molecule has 2 aromatic carbocycles. The maximum Gasteiger partial charge on any atom is 0.231 e. The van der Waals surface area contributed by atoms with Gasteiger partial charge in [0.15, 0.2) is 11.5 Å². The predicted octanol–water partition coefficient (Wildman–Crippen LogP) is 3.34. The van der Waals surface area contributed by atoms with Gasteiger partial charge in [-0.3, -0.25) is 4.90 Å². The first-order valence-corrected chi connectivity index (χ1v) is 10.9. The molecular weight excluding hydrogens is 415 g/mol. The lowest BCUT2D eigenvalue weighted by molar-refractivity contribution is -0.0194. The first-order valence-electron chi connectivity index (χ1n) is 10.9. The fourth-order valence-electron chi connectivity index (χ4n) is 3.77. The molecular formula is C24H29FN2O5. The van der Waals surface area contributed by atoms with Crippen LogP contribution in [0.5, 0.6) is 11.5 Å². The fraction of sp³-hybridized carbons (Fsp3) is 0.458. The Kier molecular flexibility index (Phi) is 7.24. The number of aliphatic hydroxyl groups excluding tert-OH is 1. The summed E-state index contributed by atoms with van der Waals surface area (Å²) in [6.45, 7) is 5.87. The molecule has 0 fully saturated rings. The third-order valence-electron chi connectivity index (χ3n) is 5.31. The van der Waals surface area contributed by atoms with Gasteiger partial charge in [0, 0.05) is 31.6 Å². The number of nitrogens with zero attached hydrogens (tertiary/aromatic N) is 2. The number of oxime groups is 1. The highest BCUT2D eigenvalue weighted by atomic mass is 19.1. The van der Waals surface area contributed by atoms with Crippen molar-refractivity contribution in [3.63, 3.8) is 0 Å². The van der Waals surface area contributed by atoms with Crippen LogP contribution in [-0.4, -0.2) is 60.5 Å². The molecule has 172 valence electrons. The second kappa shape index (κ2) is 10.3. The van der Waals surface area contributed by atoms with Crippen LogP contribution in [0.15, 0.2) is 47.6 Å². The lowest BCUT2D eigenvalue weighted by Crippen LogP contribution is -2.39. The van der Waals surface area contributed by atoms with Crippen LogP contribution in [0.4, 0.5) is 4.39 Å². The summed E-state index contributed by atoms with van der Waals surface area (Å²) >= 11 is 0. The van der Waals surface area contributed by atoms with Crippen molar-refractivity contribution in [1.82, 2.24) is 4.90 Å². The van der Waals surface area contributed by atoms with Crippen molar-refractivity contribution in [3.8, 4) is 11.5 Å². The molecule has 0 saturated carbocycles. The average molecular weight is 445 g/mol. The van der Waals surface area contributed by atoms with Crippen molar-refractivity contribution >= 4 is 5.71 Å². The minimum atomic E-state index is -0.645. The molecule has 0 aromatic heterocycles. The maximum atomic E-state index is 13.3. The van der Waals surface area contributed by atoms with Crippen molar-refractivity contribution in [2.75, 3.05) is 26.5 Å². The van der Waals surface area contributed by atoms with Gasteiger partial charge in [-0.05, 0) is 49.7 Å². The Morgan fingerprint density at radius 1 is 1.16 bits per heavy atom. The molecule has 0 spiro atoms. The van der Waals surface area contributed by atoms with E-state index in [1.807, 2.05) is 32.0 Å². The molecule has 8 heteroatoms. The van der Waals surface area contributed by atoms with Crippen molar-refractivity contribution in [2.24, 2.45) is 5.16 Å². The zero-order valence-corrected chi connectivity index (χ0v) is 18.4. The van der Waals surface area contributed by atoms with E-state index < -0.39 is 6.10 Å². The number of halogens is 1. The van der Waals surface area contributed by atoms with E-state index in [9.17, 15) is 9.50 Å². The zero-order valence-electron chi connectivity index (χ0n) is 18.4. The predicted molar refractivity (Wildman–Crippen MR) is 117 cm³/mol. The topological polar surface area (TPSA) is 72.8 Å². The van der Waals surface area contributed by atoms with E-state index >= 15 is 0 Å². The summed E-state index contributed by atoms with van der Waals surface area (Å²) in [6.07, 6.45) is -0.119. The summed E-state index contributed by atoms with van der Waals surface area (Å²) < 4.78 is 29.7. The molecule has 0 bridgehead atoms. The number of aliphatic hydroxyl groups is 1. The van der Waals surface area contributed by atoms with Crippen molar-refractivity contribution in [1.29, 1.82) is 0 Å². The highest BCUT2D eigenvalue weighted by molar-refractivity contribution is 6.01. The van der Waals surface area contributed by atoms with E-state index in [1.165, 1.54) is 12.1 Å². The van der Waals surface area contributed by atoms with Gasteiger partial charge in [0.1, 0.15) is 11.9 Å². The number of fused-ring (bicyclic) bond motifs is 1. The van der Waals surface area contributed by atoms with Crippen LogP contribution in [0, 0.1) is 5.82 Å². The molecule has 2 aliphatic heterocycles. The van der Waals surface area contributed by atoms with Crippen LogP contribution in [-0.2, 0) is 16.1 Å². The Morgan fingerprint density at radius 2 is 1.94 bits per heavy atom. The number of hydrogen-bond acceptors (Lipinski definition) is 7. The Morgan fingerprint density at radius 3 is 2.72 bits per heavy atom. The normalized spacial score (nSPS) is 18.2. The summed E-state index contributed by atoms with van der Waals surface area (Å²) in [4.78, 5) is 7.80. The highest BCUT2D eigenvalue weighted by Crippen LogP contribution is 2.33. The summed E-state index contributed by atoms with van der Waals surface area (Å²) in [6, 6.07) is 12.1. The molecule has 1 N–H and O–H groups in total. The molecule has 4 rings (SSSR count). The zero-order chi connectivity index (χ0) is 22.5. The van der Waals surface area contributed by atoms with E-state index in [0.29, 0.717) is 31.8 Å². The average Bonchev–Trinajstić information content (AvgIpc) is 3.42. The highest BCUT2D eigenvalue weighted by Gasteiger charge is 2.27. The molecule has 0 unspecified atom stereocenters. The van der Waals surface area contributed by atoms with Gasteiger partial charge in [-0.25, -0.2) is 4.39 Å². The number of hydrogen-bond donors (Lipinski definition) is 1. The van der Waals surface area contributed by atoms with Crippen molar-refractivity contribution in [3.05, 3.63) is 59.4 Å². The summed E-state index contributed by atoms with van der Waals surface area (Å²) in [5, 5.41) is 14.7. The number of rotatable bonds is 10. The standard InChI is InChI=1S/C24H29FN2O5/c1-16(2)29-14-20(28)12-27(11-17-3-6-19(25)7-4-17)13-21-10-22(26-32-21)18-5-8-23-24(9-18)31-15-30-23/h3-9,16,20-21,28H,10-15H2,1-2H3/t20-,21+/m1/s1. The van der Waals surface area contributed by atoms with Gasteiger partial charge in [-0.2, -0.15) is 0 Å². The van der Waals surface area contributed by atoms with E-state index in [1.54, 1.807) is 12.1 Å². The number of benzene rings is 2. The monoisotopic (exact) mass is 444 g/mol. The molecule has 0 amide bonds. The van der Waals surface area contributed by atoms with Crippen molar-refractivity contribution in [2.45, 2.75) is 45.1 Å². The van der Waals surface area contributed by atoms with E-state index in [-0.39, 0.29) is 31.4 Å². The molecule has 0 aliphatic carbocycles. The molecule has 7 nitrogen and oxygen atoms in total. The second-order valence-electron chi connectivity index (χ2n) is 8.39. The minimum absolute atomic E-state index is 0.0472. The Labute approximate surface area is 187 Å². The largest absolute Gasteiger partial charge is 0.454 e. The molecule has 2 aliphatic rings. The third kappa shape index (κ3) is 5.97. The summed E-state index contributed by atoms with van der Waals surface area (Å²) in [7, 11) is 0. The molecule has 2 heterocycles. The quantitative estimate of drug-likeness (QED) is 0.606. The molecule has 2 atom stereocenters. The number of ether oxygens (including phenoxy) is 3. The second-order valence-corrected chi connectivity index (χ2v) is 8.39. The van der Waals surface area contributed by atoms with Crippen LogP contribution in [0.1, 0.15) is 31.4 Å². The van der Waals surface area contributed by atoms with Crippen LogP contribution < -0.4 is 9.47 Å². The van der Waals surface area contributed by atoms with E-state index in [4.69, 9.17) is 19.0 Å². The Bertz CT molecular complexity index is 934. The van der Waals surface area contributed by atoms with Gasteiger partial charge in [0.05, 0.1) is 24.5 Å². The van der Waals surface area contributed by atoms with Crippen LogP contribution in [0.3, 0.4) is 0 Å². The van der Waals surface area contributed by atoms with Crippen LogP contribution >= 0.6 is 0 Å². The summed E-state index contributed by atoms with van der Waals surface area (Å²) in [5.41, 5.74) is 2.74. The molecule has 32 heavy (non-hydrogen) atoms. The molecule has 0 saturated heterocycles. The van der Waals surface area contributed by atoms with Gasteiger partial charge in [0.2, 0.25) is 6.79 Å². The smallest absolute Gasteiger partial charge is 0.231 e. The molecule has 0 radical (unpaired) electrons.